The summed E-state index contributed by atoms with van der Waals surface area (Å²) >= 11 is 0. The van der Waals surface area contributed by atoms with Crippen LogP contribution in [0.2, 0.25) is 0 Å². The minimum Gasteiger partial charge on any atom is -0.465 e. The third-order valence-corrected chi connectivity index (χ3v) is 2.51. The molecule has 2 saturated heterocycles. The summed E-state index contributed by atoms with van der Waals surface area (Å²) in [7, 11) is 0. The Labute approximate surface area is 90.0 Å². The molecule has 0 aromatic carbocycles. The zero-order valence-corrected chi connectivity index (χ0v) is 9.47. The number of rotatable bonds is 0. The molecule has 2 aliphatic heterocycles. The number of ether oxygens (including phenoxy) is 2. The Hall–Kier alpha value is -0.810. The zero-order chi connectivity index (χ0) is 11.4. The van der Waals surface area contributed by atoms with Gasteiger partial charge in [0.25, 0.3) is 0 Å². The first kappa shape index (κ1) is 12.3. The van der Waals surface area contributed by atoms with Gasteiger partial charge < -0.3 is 14.6 Å². The molecular weight excluding hydrogens is 198 g/mol. The number of carboxylic acid groups (broad SMARTS) is 1. The van der Waals surface area contributed by atoms with E-state index >= 15 is 0 Å². The Morgan fingerprint density at radius 3 is 2.67 bits per heavy atom. The van der Waals surface area contributed by atoms with Gasteiger partial charge in [0.05, 0.1) is 31.9 Å². The smallest absolute Gasteiger partial charge is 0.407 e. The molecule has 1 amide bonds. The van der Waals surface area contributed by atoms with Crippen molar-refractivity contribution in [3.05, 3.63) is 0 Å². The van der Waals surface area contributed by atoms with Gasteiger partial charge >= 0.3 is 6.09 Å². The van der Waals surface area contributed by atoms with Crippen molar-refractivity contribution in [2.45, 2.75) is 39.0 Å². The van der Waals surface area contributed by atoms with Crippen LogP contribution in [0.3, 0.4) is 0 Å². The van der Waals surface area contributed by atoms with E-state index in [9.17, 15) is 4.79 Å². The third kappa shape index (κ3) is 2.60. The summed E-state index contributed by atoms with van der Waals surface area (Å²) in [6, 6.07) is -0.103. The summed E-state index contributed by atoms with van der Waals surface area (Å²) in [5.74, 6) is 0. The molecule has 3 unspecified atom stereocenters. The molecule has 3 atom stereocenters. The number of carbonyl (C=O) groups is 1. The fourth-order valence-electron chi connectivity index (χ4n) is 1.92. The second-order valence-corrected chi connectivity index (χ2v) is 3.52. The lowest BCUT2D eigenvalue weighted by Crippen LogP contribution is -2.55. The summed E-state index contributed by atoms with van der Waals surface area (Å²) in [4.78, 5) is 12.3. The molecule has 5 nitrogen and oxygen atoms in total. The third-order valence-electron chi connectivity index (χ3n) is 2.51. The van der Waals surface area contributed by atoms with Crippen molar-refractivity contribution in [3.8, 4) is 0 Å². The van der Waals surface area contributed by atoms with Gasteiger partial charge in [-0.3, -0.25) is 4.90 Å². The molecule has 0 aromatic heterocycles. The molecule has 0 spiro atoms. The molecule has 2 heterocycles. The average molecular weight is 217 g/mol. The first-order valence-electron chi connectivity index (χ1n) is 5.41. The molecule has 5 heteroatoms. The number of hydrogen-bond acceptors (Lipinski definition) is 3. The predicted octanol–water partition coefficient (Wildman–Crippen LogP) is 1.18. The molecule has 2 fully saturated rings. The van der Waals surface area contributed by atoms with Gasteiger partial charge in [0, 0.05) is 0 Å². The van der Waals surface area contributed by atoms with Crippen molar-refractivity contribution >= 4 is 6.09 Å². The van der Waals surface area contributed by atoms with Gasteiger partial charge in [-0.1, -0.05) is 13.8 Å². The van der Waals surface area contributed by atoms with Crippen molar-refractivity contribution < 1.29 is 19.4 Å². The van der Waals surface area contributed by atoms with Gasteiger partial charge in [-0.15, -0.1) is 0 Å². The van der Waals surface area contributed by atoms with Crippen molar-refractivity contribution in [1.82, 2.24) is 4.90 Å². The quantitative estimate of drug-likeness (QED) is 0.662. The van der Waals surface area contributed by atoms with Crippen LogP contribution in [-0.2, 0) is 9.47 Å². The Balaban J connectivity index is 0.000000531. The van der Waals surface area contributed by atoms with Gasteiger partial charge in [0.2, 0.25) is 0 Å². The Kier molecular flexibility index (Phi) is 4.35. The van der Waals surface area contributed by atoms with E-state index in [1.165, 1.54) is 4.90 Å². The number of hydrogen-bond donors (Lipinski definition) is 1. The summed E-state index contributed by atoms with van der Waals surface area (Å²) in [6.07, 6.45) is -0.977. The molecular formula is C10H19NO4. The number of morpholine rings is 1. The molecule has 0 bridgehead atoms. The van der Waals surface area contributed by atoms with Crippen LogP contribution >= 0.6 is 0 Å². The van der Waals surface area contributed by atoms with Gasteiger partial charge in [0.15, 0.2) is 0 Å². The van der Waals surface area contributed by atoms with E-state index in [4.69, 9.17) is 14.6 Å². The molecule has 0 radical (unpaired) electrons. The van der Waals surface area contributed by atoms with Crippen LogP contribution in [0.1, 0.15) is 20.8 Å². The van der Waals surface area contributed by atoms with Gasteiger partial charge in [0.1, 0.15) is 6.10 Å². The van der Waals surface area contributed by atoms with Crippen LogP contribution in [0.5, 0.6) is 0 Å². The molecule has 1 N–H and O–H groups in total. The Morgan fingerprint density at radius 1 is 1.40 bits per heavy atom. The van der Waals surface area contributed by atoms with Gasteiger partial charge in [-0.05, 0) is 6.92 Å². The van der Waals surface area contributed by atoms with E-state index in [0.717, 1.165) is 0 Å². The highest BCUT2D eigenvalue weighted by Gasteiger charge is 2.41. The van der Waals surface area contributed by atoms with Crippen LogP contribution < -0.4 is 0 Å². The van der Waals surface area contributed by atoms with Crippen LogP contribution in [0.4, 0.5) is 4.79 Å². The second-order valence-electron chi connectivity index (χ2n) is 3.52. The van der Waals surface area contributed by atoms with Crippen molar-refractivity contribution in [3.63, 3.8) is 0 Å². The highest BCUT2D eigenvalue weighted by Crippen LogP contribution is 2.23. The second kappa shape index (κ2) is 5.32. The lowest BCUT2D eigenvalue weighted by Gasteiger charge is -2.37. The topological polar surface area (TPSA) is 59.0 Å². The summed E-state index contributed by atoms with van der Waals surface area (Å²) in [5, 5.41) is 8.92. The summed E-state index contributed by atoms with van der Waals surface area (Å²) in [6.45, 7) is 7.30. The van der Waals surface area contributed by atoms with Gasteiger partial charge in [-0.2, -0.15) is 0 Å². The molecule has 15 heavy (non-hydrogen) atoms. The maximum Gasteiger partial charge on any atom is 0.407 e. The van der Waals surface area contributed by atoms with Crippen LogP contribution in [0.25, 0.3) is 0 Å². The Bertz CT molecular complexity index is 221. The van der Waals surface area contributed by atoms with Crippen LogP contribution in [-0.4, -0.2) is 54.1 Å². The Morgan fingerprint density at radius 2 is 2.07 bits per heavy atom. The molecule has 88 valence electrons. The van der Waals surface area contributed by atoms with E-state index in [2.05, 4.69) is 0 Å². The summed E-state index contributed by atoms with van der Waals surface area (Å²) < 4.78 is 10.8. The molecule has 0 saturated carbocycles. The van der Waals surface area contributed by atoms with E-state index in [1.807, 2.05) is 20.8 Å². The molecule has 2 aliphatic rings. The standard InChI is InChI=1S/C8H13NO4.C2H6/c1-5-2-9(8(10)11)6-3-12-4-7(6)13-5;1-2/h5-7H,2-4H2,1H3,(H,10,11);1-2H3. The largest absolute Gasteiger partial charge is 0.465 e. The summed E-state index contributed by atoms with van der Waals surface area (Å²) in [5.41, 5.74) is 0. The molecule has 2 rings (SSSR count). The van der Waals surface area contributed by atoms with Crippen molar-refractivity contribution in [2.24, 2.45) is 0 Å². The van der Waals surface area contributed by atoms with Crippen molar-refractivity contribution in [1.29, 1.82) is 0 Å². The maximum absolute atomic E-state index is 10.9. The minimum atomic E-state index is -0.879. The lowest BCUT2D eigenvalue weighted by atomic mass is 10.1. The molecule has 0 aromatic rings. The number of amides is 1. The van der Waals surface area contributed by atoms with Gasteiger partial charge in [-0.25, -0.2) is 4.79 Å². The zero-order valence-electron chi connectivity index (χ0n) is 9.47. The normalized spacial score (nSPS) is 34.1. The number of fused-ring (bicyclic) bond motifs is 1. The monoisotopic (exact) mass is 217 g/mol. The van der Waals surface area contributed by atoms with E-state index < -0.39 is 6.09 Å². The van der Waals surface area contributed by atoms with Crippen molar-refractivity contribution in [2.75, 3.05) is 19.8 Å². The van der Waals surface area contributed by atoms with E-state index in [0.29, 0.717) is 19.8 Å². The maximum atomic E-state index is 10.9. The minimum absolute atomic E-state index is 0.0287. The number of nitrogens with zero attached hydrogens (tertiary/aromatic N) is 1. The molecule has 0 aliphatic carbocycles. The fourth-order valence-corrected chi connectivity index (χ4v) is 1.92. The van der Waals surface area contributed by atoms with E-state index in [1.54, 1.807) is 0 Å². The highest BCUT2D eigenvalue weighted by atomic mass is 16.6. The average Bonchev–Trinajstić information content (AvgIpc) is 2.67. The highest BCUT2D eigenvalue weighted by molar-refractivity contribution is 5.65. The lowest BCUT2D eigenvalue weighted by molar-refractivity contribution is -0.0839. The van der Waals surface area contributed by atoms with Crippen LogP contribution in [0, 0.1) is 0 Å². The fraction of sp³-hybridized carbons (Fsp3) is 0.900. The SMILES string of the molecule is CC.CC1CN(C(=O)O)C2COCC2O1. The first-order valence-corrected chi connectivity index (χ1v) is 5.41. The van der Waals surface area contributed by atoms with Crippen LogP contribution in [0.15, 0.2) is 0 Å². The first-order chi connectivity index (χ1) is 7.18. The van der Waals surface area contributed by atoms with E-state index in [-0.39, 0.29) is 18.2 Å². The predicted molar refractivity (Wildman–Crippen MR) is 55.0 cm³/mol.